The quantitative estimate of drug-likeness (QED) is 0.499. The highest BCUT2D eigenvalue weighted by molar-refractivity contribution is 5.51. The molecule has 0 aliphatic rings. The molecule has 0 saturated carbocycles. The van der Waals surface area contributed by atoms with Crippen LogP contribution in [0.15, 0.2) is 42.5 Å². The van der Waals surface area contributed by atoms with Gasteiger partial charge >= 0.3 is 0 Å². The first-order chi connectivity index (χ1) is 10.1. The van der Waals surface area contributed by atoms with Gasteiger partial charge in [0.25, 0.3) is 5.69 Å². The summed E-state index contributed by atoms with van der Waals surface area (Å²) in [6.45, 7) is 0.376. The van der Waals surface area contributed by atoms with Crippen molar-refractivity contribution in [2.45, 2.75) is 12.8 Å². The first kappa shape index (κ1) is 14.9. The molecule has 0 bridgehead atoms. The van der Waals surface area contributed by atoms with Gasteiger partial charge in [-0.25, -0.2) is 8.78 Å². The van der Waals surface area contributed by atoms with Gasteiger partial charge in [-0.2, -0.15) is 0 Å². The number of nitro groups is 1. The third-order valence-corrected chi connectivity index (χ3v) is 3.02. The van der Waals surface area contributed by atoms with Crippen molar-refractivity contribution < 1.29 is 13.7 Å². The molecule has 2 rings (SSSR count). The van der Waals surface area contributed by atoms with Crippen LogP contribution in [0.3, 0.4) is 0 Å². The zero-order valence-corrected chi connectivity index (χ0v) is 11.2. The molecule has 0 unspecified atom stereocenters. The molecule has 21 heavy (non-hydrogen) atoms. The molecule has 0 amide bonds. The van der Waals surface area contributed by atoms with Crippen LogP contribution < -0.4 is 5.32 Å². The lowest BCUT2D eigenvalue weighted by Gasteiger charge is -2.08. The van der Waals surface area contributed by atoms with Gasteiger partial charge in [0.2, 0.25) is 0 Å². The molecule has 0 heterocycles. The molecule has 4 nitrogen and oxygen atoms in total. The van der Waals surface area contributed by atoms with Gasteiger partial charge in [0.1, 0.15) is 5.69 Å². The van der Waals surface area contributed by atoms with Crippen molar-refractivity contribution in [1.82, 2.24) is 0 Å². The Labute approximate surface area is 120 Å². The summed E-state index contributed by atoms with van der Waals surface area (Å²) < 4.78 is 27.2. The van der Waals surface area contributed by atoms with Gasteiger partial charge in [0, 0.05) is 6.54 Å². The van der Waals surface area contributed by atoms with Crippen molar-refractivity contribution in [3.05, 3.63) is 69.8 Å². The van der Waals surface area contributed by atoms with Crippen molar-refractivity contribution >= 4 is 11.4 Å². The average Bonchev–Trinajstić information content (AvgIpc) is 2.46. The Morgan fingerprint density at radius 3 is 2.29 bits per heavy atom. The Kier molecular flexibility index (Phi) is 4.81. The van der Waals surface area contributed by atoms with Crippen LogP contribution in [-0.2, 0) is 6.42 Å². The van der Waals surface area contributed by atoms with Gasteiger partial charge in [0.15, 0.2) is 11.6 Å². The molecule has 0 atom stereocenters. The summed E-state index contributed by atoms with van der Waals surface area (Å²) in [5.41, 5.74) is 0.220. The minimum atomic E-state index is -0.957. The maximum Gasteiger partial charge on any atom is 0.275 e. The third kappa shape index (κ3) is 3.98. The monoisotopic (exact) mass is 292 g/mol. The summed E-state index contributed by atoms with van der Waals surface area (Å²) >= 11 is 0. The number of hydrogen-bond acceptors (Lipinski definition) is 3. The SMILES string of the molecule is O=[N+]([O-])c1cc(F)c(NCCCc2ccccc2)c(F)c1. The van der Waals surface area contributed by atoms with Crippen LogP contribution in [0.25, 0.3) is 0 Å². The molecule has 0 radical (unpaired) electrons. The molecule has 110 valence electrons. The molecular formula is C15H14F2N2O2. The second-order valence-corrected chi connectivity index (χ2v) is 4.56. The highest BCUT2D eigenvalue weighted by Gasteiger charge is 2.16. The summed E-state index contributed by atoms with van der Waals surface area (Å²) in [4.78, 5) is 9.66. The fourth-order valence-electron chi connectivity index (χ4n) is 1.98. The lowest BCUT2D eigenvalue weighted by Crippen LogP contribution is -2.07. The second-order valence-electron chi connectivity index (χ2n) is 4.56. The number of benzene rings is 2. The maximum atomic E-state index is 13.6. The normalized spacial score (nSPS) is 10.4. The van der Waals surface area contributed by atoms with E-state index in [1.165, 1.54) is 0 Å². The minimum absolute atomic E-state index is 0.325. The number of hydrogen-bond donors (Lipinski definition) is 1. The van der Waals surface area contributed by atoms with Gasteiger partial charge in [-0.05, 0) is 18.4 Å². The Hall–Kier alpha value is -2.50. The molecule has 0 saturated heterocycles. The number of non-ortho nitro benzene ring substituents is 1. The second kappa shape index (κ2) is 6.78. The topological polar surface area (TPSA) is 55.2 Å². The van der Waals surface area contributed by atoms with Gasteiger partial charge < -0.3 is 5.32 Å². The number of anilines is 1. The largest absolute Gasteiger partial charge is 0.380 e. The fourth-order valence-corrected chi connectivity index (χ4v) is 1.98. The van der Waals surface area contributed by atoms with E-state index in [-0.39, 0.29) is 5.69 Å². The van der Waals surface area contributed by atoms with Crippen LogP contribution in [0.5, 0.6) is 0 Å². The van der Waals surface area contributed by atoms with Gasteiger partial charge in [-0.15, -0.1) is 0 Å². The Bertz CT molecular complexity index is 610. The number of aryl methyl sites for hydroxylation is 1. The van der Waals surface area contributed by atoms with Gasteiger partial charge in [0.05, 0.1) is 17.1 Å². The minimum Gasteiger partial charge on any atom is -0.380 e. The Morgan fingerprint density at radius 2 is 1.71 bits per heavy atom. The molecule has 0 aromatic heterocycles. The molecule has 6 heteroatoms. The van der Waals surface area contributed by atoms with E-state index < -0.39 is 22.2 Å². The number of nitrogens with one attached hydrogen (secondary N) is 1. The van der Waals surface area contributed by atoms with Crippen molar-refractivity contribution in [1.29, 1.82) is 0 Å². The zero-order valence-electron chi connectivity index (χ0n) is 11.2. The number of nitro benzene ring substituents is 1. The summed E-state index contributed by atoms with van der Waals surface area (Å²) in [5, 5.41) is 13.1. The maximum absolute atomic E-state index is 13.6. The van der Waals surface area contributed by atoms with Gasteiger partial charge in [-0.1, -0.05) is 30.3 Å². The Balaban J connectivity index is 1.93. The van der Waals surface area contributed by atoms with E-state index >= 15 is 0 Å². The molecule has 0 aliphatic carbocycles. The zero-order chi connectivity index (χ0) is 15.2. The lowest BCUT2D eigenvalue weighted by atomic mass is 10.1. The summed E-state index contributed by atoms with van der Waals surface area (Å²) in [5.74, 6) is -1.91. The molecule has 0 fully saturated rings. The van der Waals surface area contributed by atoms with Crippen LogP contribution in [-0.4, -0.2) is 11.5 Å². The highest BCUT2D eigenvalue weighted by atomic mass is 19.1. The van der Waals surface area contributed by atoms with Crippen molar-refractivity contribution in [2.24, 2.45) is 0 Å². The molecule has 0 aliphatic heterocycles. The summed E-state index contributed by atoms with van der Waals surface area (Å²) in [7, 11) is 0. The van der Waals surface area contributed by atoms with E-state index in [2.05, 4.69) is 5.32 Å². The first-order valence-corrected chi connectivity index (χ1v) is 6.49. The van der Waals surface area contributed by atoms with E-state index in [9.17, 15) is 18.9 Å². The predicted octanol–water partition coefficient (Wildman–Crippen LogP) is 3.92. The molecule has 1 N–H and O–H groups in total. The van der Waals surface area contributed by atoms with Crippen LogP contribution in [0.4, 0.5) is 20.2 Å². The number of halogens is 2. The van der Waals surface area contributed by atoms with Crippen molar-refractivity contribution in [3.8, 4) is 0 Å². The van der Waals surface area contributed by atoms with E-state index in [1.807, 2.05) is 30.3 Å². The van der Waals surface area contributed by atoms with Crippen LogP contribution in [0.2, 0.25) is 0 Å². The standard InChI is InChI=1S/C15H14F2N2O2/c16-13-9-12(19(20)21)10-14(17)15(13)18-8-4-7-11-5-2-1-3-6-11/h1-3,5-6,9-10,18H,4,7-8H2. The van der Waals surface area contributed by atoms with E-state index in [0.717, 1.165) is 12.0 Å². The molecule has 0 spiro atoms. The summed E-state index contributed by atoms with van der Waals surface area (Å²) in [6, 6.07) is 11.2. The Morgan fingerprint density at radius 1 is 1.10 bits per heavy atom. The van der Waals surface area contributed by atoms with E-state index in [1.54, 1.807) is 0 Å². The smallest absolute Gasteiger partial charge is 0.275 e. The van der Waals surface area contributed by atoms with Crippen LogP contribution in [0.1, 0.15) is 12.0 Å². The molecular weight excluding hydrogens is 278 g/mol. The number of rotatable bonds is 6. The number of nitrogens with zero attached hydrogens (tertiary/aromatic N) is 1. The lowest BCUT2D eigenvalue weighted by molar-refractivity contribution is -0.385. The van der Waals surface area contributed by atoms with Crippen LogP contribution >= 0.6 is 0 Å². The highest BCUT2D eigenvalue weighted by Crippen LogP contribution is 2.24. The molecule has 2 aromatic carbocycles. The van der Waals surface area contributed by atoms with E-state index in [4.69, 9.17) is 0 Å². The first-order valence-electron chi connectivity index (χ1n) is 6.49. The van der Waals surface area contributed by atoms with E-state index in [0.29, 0.717) is 25.1 Å². The fraction of sp³-hybridized carbons (Fsp3) is 0.200. The summed E-state index contributed by atoms with van der Waals surface area (Å²) in [6.07, 6.45) is 1.48. The average molecular weight is 292 g/mol. The predicted molar refractivity (Wildman–Crippen MR) is 76.3 cm³/mol. The van der Waals surface area contributed by atoms with Crippen LogP contribution in [0, 0.1) is 21.7 Å². The van der Waals surface area contributed by atoms with Crippen molar-refractivity contribution in [3.63, 3.8) is 0 Å². The molecule has 2 aromatic rings. The van der Waals surface area contributed by atoms with Gasteiger partial charge in [-0.3, -0.25) is 10.1 Å². The third-order valence-electron chi connectivity index (χ3n) is 3.02. The van der Waals surface area contributed by atoms with Crippen molar-refractivity contribution in [2.75, 3.05) is 11.9 Å².